The van der Waals surface area contributed by atoms with Gasteiger partial charge in [-0.25, -0.2) is 4.68 Å². The lowest BCUT2D eigenvalue weighted by Crippen LogP contribution is -2.37. The fourth-order valence-electron chi connectivity index (χ4n) is 3.62. The number of benzene rings is 1. The molecule has 0 radical (unpaired) electrons. The number of carboxylic acid groups (broad SMARTS) is 1. The lowest BCUT2D eigenvalue weighted by molar-refractivity contribution is -0.142. The first-order chi connectivity index (χ1) is 13.9. The summed E-state index contributed by atoms with van der Waals surface area (Å²) in [7, 11) is 1.62. The number of aryl methyl sites for hydroxylation is 1. The van der Waals surface area contributed by atoms with Gasteiger partial charge in [0.05, 0.1) is 24.4 Å². The number of piperidine rings is 1. The molecule has 0 spiro atoms. The van der Waals surface area contributed by atoms with Crippen LogP contribution in [0.25, 0.3) is 5.69 Å². The van der Waals surface area contributed by atoms with Crippen LogP contribution in [-0.2, 0) is 9.59 Å². The van der Waals surface area contributed by atoms with Gasteiger partial charge in [-0.15, -0.1) is 0 Å². The molecule has 3 rings (SSSR count). The standard InChI is InChI=1S/C21H28N4O4/c1-4-5-18(26)22-19-14(2)23-25(16-6-8-17(29-3)9-7-16)20(19)24-12-10-15(11-13-24)21(27)28/h6-9,15H,4-5,10-13H2,1-3H3,(H,22,26)(H,27,28). The number of anilines is 2. The van der Waals surface area contributed by atoms with Gasteiger partial charge in [0, 0.05) is 19.5 Å². The Hall–Kier alpha value is -3.03. The van der Waals surface area contributed by atoms with Gasteiger partial charge in [-0.1, -0.05) is 6.92 Å². The third-order valence-electron chi connectivity index (χ3n) is 5.24. The number of aromatic nitrogens is 2. The molecule has 2 aromatic rings. The first-order valence-corrected chi connectivity index (χ1v) is 9.96. The highest BCUT2D eigenvalue weighted by atomic mass is 16.5. The monoisotopic (exact) mass is 400 g/mol. The minimum absolute atomic E-state index is 0.0495. The average Bonchev–Trinajstić information content (AvgIpc) is 3.04. The molecule has 0 aliphatic carbocycles. The molecule has 1 fully saturated rings. The van der Waals surface area contributed by atoms with Gasteiger partial charge in [0.25, 0.3) is 0 Å². The van der Waals surface area contributed by atoms with Crippen LogP contribution in [0.2, 0.25) is 0 Å². The van der Waals surface area contributed by atoms with E-state index in [-0.39, 0.29) is 11.8 Å². The highest BCUT2D eigenvalue weighted by Gasteiger charge is 2.29. The number of nitrogens with zero attached hydrogens (tertiary/aromatic N) is 3. The Morgan fingerprint density at radius 1 is 1.24 bits per heavy atom. The van der Waals surface area contributed by atoms with Crippen LogP contribution >= 0.6 is 0 Å². The van der Waals surface area contributed by atoms with Crippen LogP contribution < -0.4 is 15.0 Å². The van der Waals surface area contributed by atoms with Crippen LogP contribution in [0.4, 0.5) is 11.5 Å². The second kappa shape index (κ2) is 8.98. The number of rotatable bonds is 7. The molecule has 1 aromatic carbocycles. The fraction of sp³-hybridized carbons (Fsp3) is 0.476. The Morgan fingerprint density at radius 3 is 2.45 bits per heavy atom. The second-order valence-electron chi connectivity index (χ2n) is 7.29. The van der Waals surface area contributed by atoms with Crippen LogP contribution in [0.3, 0.4) is 0 Å². The number of hydrogen-bond acceptors (Lipinski definition) is 5. The number of carbonyl (C=O) groups excluding carboxylic acids is 1. The molecule has 1 aliphatic rings. The highest BCUT2D eigenvalue weighted by molar-refractivity contribution is 5.95. The van der Waals surface area contributed by atoms with Crippen molar-refractivity contribution in [3.63, 3.8) is 0 Å². The molecule has 156 valence electrons. The minimum atomic E-state index is -0.749. The molecule has 2 N–H and O–H groups in total. The molecule has 1 aromatic heterocycles. The van der Waals surface area contributed by atoms with E-state index in [0.717, 1.165) is 29.4 Å². The van der Waals surface area contributed by atoms with E-state index in [1.54, 1.807) is 7.11 Å². The van der Waals surface area contributed by atoms with Gasteiger partial charge in [0.2, 0.25) is 5.91 Å². The topological polar surface area (TPSA) is 96.7 Å². The number of hydrogen-bond donors (Lipinski definition) is 2. The van der Waals surface area contributed by atoms with Crippen molar-refractivity contribution >= 4 is 23.4 Å². The zero-order chi connectivity index (χ0) is 21.0. The Balaban J connectivity index is 1.99. The number of carboxylic acids is 1. The van der Waals surface area contributed by atoms with E-state index in [1.807, 2.05) is 42.8 Å². The largest absolute Gasteiger partial charge is 0.497 e. The van der Waals surface area contributed by atoms with E-state index in [4.69, 9.17) is 4.74 Å². The van der Waals surface area contributed by atoms with Crippen LogP contribution in [0.15, 0.2) is 24.3 Å². The molecule has 0 saturated carbocycles. The van der Waals surface area contributed by atoms with Crippen LogP contribution in [0.5, 0.6) is 5.75 Å². The molecule has 1 aliphatic heterocycles. The Bertz CT molecular complexity index is 868. The van der Waals surface area contributed by atoms with E-state index in [0.29, 0.717) is 38.0 Å². The first kappa shape index (κ1) is 20.7. The third-order valence-corrected chi connectivity index (χ3v) is 5.24. The van der Waals surface area contributed by atoms with Gasteiger partial charge < -0.3 is 20.1 Å². The SMILES string of the molecule is CCCC(=O)Nc1c(C)nn(-c2ccc(OC)cc2)c1N1CCC(C(=O)O)CC1. The fourth-order valence-corrected chi connectivity index (χ4v) is 3.62. The smallest absolute Gasteiger partial charge is 0.306 e. The molecular formula is C21H28N4O4. The molecule has 1 amide bonds. The van der Waals surface area contributed by atoms with Gasteiger partial charge in [0.15, 0.2) is 5.82 Å². The molecular weight excluding hydrogens is 372 g/mol. The van der Waals surface area contributed by atoms with Gasteiger partial charge in [-0.05, 0) is 50.5 Å². The maximum atomic E-state index is 12.3. The molecule has 0 atom stereocenters. The van der Waals surface area contributed by atoms with Crippen molar-refractivity contribution in [2.24, 2.45) is 5.92 Å². The molecule has 8 heteroatoms. The summed E-state index contributed by atoms with van der Waals surface area (Å²) in [5, 5.41) is 17.0. The van der Waals surface area contributed by atoms with Gasteiger partial charge in [-0.3, -0.25) is 9.59 Å². The van der Waals surface area contributed by atoms with E-state index in [1.165, 1.54) is 0 Å². The van der Waals surface area contributed by atoms with E-state index in [2.05, 4.69) is 15.3 Å². The summed E-state index contributed by atoms with van der Waals surface area (Å²) in [6.45, 7) is 5.02. The van der Waals surface area contributed by atoms with Crippen molar-refractivity contribution in [1.29, 1.82) is 0 Å². The number of amides is 1. The first-order valence-electron chi connectivity index (χ1n) is 9.96. The quantitative estimate of drug-likeness (QED) is 0.741. The summed E-state index contributed by atoms with van der Waals surface area (Å²) in [5.74, 6) is 0.411. The number of methoxy groups -OCH3 is 1. The highest BCUT2D eigenvalue weighted by Crippen LogP contribution is 2.35. The maximum absolute atomic E-state index is 12.3. The molecule has 0 bridgehead atoms. The van der Waals surface area contributed by atoms with Crippen molar-refractivity contribution in [2.75, 3.05) is 30.4 Å². The summed E-state index contributed by atoms with van der Waals surface area (Å²) < 4.78 is 7.06. The molecule has 2 heterocycles. The summed E-state index contributed by atoms with van der Waals surface area (Å²) in [6.07, 6.45) is 2.32. The molecule has 8 nitrogen and oxygen atoms in total. The zero-order valence-corrected chi connectivity index (χ0v) is 17.1. The number of ether oxygens (including phenoxy) is 1. The summed E-state index contributed by atoms with van der Waals surface area (Å²) >= 11 is 0. The molecule has 1 saturated heterocycles. The Labute approximate surface area is 170 Å². The van der Waals surface area contributed by atoms with Crippen molar-refractivity contribution in [3.05, 3.63) is 30.0 Å². The molecule has 0 unspecified atom stereocenters. The minimum Gasteiger partial charge on any atom is -0.497 e. The third kappa shape index (κ3) is 4.52. The Morgan fingerprint density at radius 2 is 1.90 bits per heavy atom. The van der Waals surface area contributed by atoms with E-state index >= 15 is 0 Å². The van der Waals surface area contributed by atoms with Crippen LogP contribution in [0.1, 0.15) is 38.3 Å². The molecule has 29 heavy (non-hydrogen) atoms. The summed E-state index contributed by atoms with van der Waals surface area (Å²) in [6, 6.07) is 7.55. The number of nitrogens with one attached hydrogen (secondary N) is 1. The van der Waals surface area contributed by atoms with Crippen molar-refractivity contribution in [3.8, 4) is 11.4 Å². The van der Waals surface area contributed by atoms with Crippen molar-refractivity contribution < 1.29 is 19.4 Å². The zero-order valence-electron chi connectivity index (χ0n) is 17.1. The number of aliphatic carboxylic acids is 1. The van der Waals surface area contributed by atoms with E-state index < -0.39 is 5.97 Å². The number of carbonyl (C=O) groups is 2. The maximum Gasteiger partial charge on any atom is 0.306 e. The average molecular weight is 400 g/mol. The van der Waals surface area contributed by atoms with Crippen LogP contribution in [-0.4, -0.2) is 47.0 Å². The van der Waals surface area contributed by atoms with Gasteiger partial charge in [0.1, 0.15) is 11.4 Å². The van der Waals surface area contributed by atoms with Gasteiger partial charge in [-0.2, -0.15) is 5.10 Å². The Kier molecular flexibility index (Phi) is 6.41. The summed E-state index contributed by atoms with van der Waals surface area (Å²) in [5.41, 5.74) is 2.26. The van der Waals surface area contributed by atoms with E-state index in [9.17, 15) is 14.7 Å². The summed E-state index contributed by atoms with van der Waals surface area (Å²) in [4.78, 5) is 25.8. The lowest BCUT2D eigenvalue weighted by Gasteiger charge is -2.32. The van der Waals surface area contributed by atoms with Gasteiger partial charge >= 0.3 is 5.97 Å². The van der Waals surface area contributed by atoms with Crippen LogP contribution in [0, 0.1) is 12.8 Å². The normalized spacial score (nSPS) is 14.7. The predicted molar refractivity (Wildman–Crippen MR) is 111 cm³/mol. The van der Waals surface area contributed by atoms with Crippen molar-refractivity contribution in [1.82, 2.24) is 9.78 Å². The van der Waals surface area contributed by atoms with Crippen molar-refractivity contribution in [2.45, 2.75) is 39.5 Å². The predicted octanol–water partition coefficient (Wildman–Crippen LogP) is 3.23. The lowest BCUT2D eigenvalue weighted by atomic mass is 9.97. The second-order valence-corrected chi connectivity index (χ2v) is 7.29.